The van der Waals surface area contributed by atoms with Crippen LogP contribution in [0.4, 0.5) is 5.82 Å². The molecule has 0 saturated carbocycles. The van der Waals surface area contributed by atoms with Crippen molar-refractivity contribution < 1.29 is 4.79 Å². The molecule has 8 heteroatoms. The van der Waals surface area contributed by atoms with Crippen LogP contribution in [0.3, 0.4) is 0 Å². The summed E-state index contributed by atoms with van der Waals surface area (Å²) >= 11 is 0. The van der Waals surface area contributed by atoms with Gasteiger partial charge in [0.15, 0.2) is 5.65 Å². The van der Waals surface area contributed by atoms with Crippen LogP contribution in [-0.4, -0.2) is 54.8 Å². The molecule has 3 aromatic rings. The summed E-state index contributed by atoms with van der Waals surface area (Å²) in [4.78, 5) is 22.7. The highest BCUT2D eigenvalue weighted by Gasteiger charge is 2.32. The molecule has 2 fully saturated rings. The lowest BCUT2D eigenvalue weighted by atomic mass is 9.99. The van der Waals surface area contributed by atoms with Gasteiger partial charge in [-0.25, -0.2) is 9.50 Å². The van der Waals surface area contributed by atoms with Gasteiger partial charge < -0.3 is 9.80 Å². The van der Waals surface area contributed by atoms with Crippen molar-refractivity contribution in [1.29, 1.82) is 0 Å². The zero-order valence-corrected chi connectivity index (χ0v) is 18.7. The molecule has 2 aliphatic heterocycles. The first-order chi connectivity index (χ1) is 15.0. The number of hydrogen-bond acceptors (Lipinski definition) is 5. The van der Waals surface area contributed by atoms with E-state index >= 15 is 0 Å². The van der Waals surface area contributed by atoms with Crippen LogP contribution in [-0.2, 0) is 13.5 Å². The summed E-state index contributed by atoms with van der Waals surface area (Å²) in [5.41, 5.74) is 4.52. The molecule has 0 spiro atoms. The Morgan fingerprint density at radius 3 is 2.61 bits per heavy atom. The van der Waals surface area contributed by atoms with E-state index in [0.29, 0.717) is 5.69 Å². The minimum Gasteiger partial charge on any atom is -0.356 e. The molecule has 1 unspecified atom stereocenters. The van der Waals surface area contributed by atoms with Gasteiger partial charge in [0.05, 0.1) is 17.4 Å². The van der Waals surface area contributed by atoms with E-state index in [4.69, 9.17) is 10.1 Å². The zero-order valence-electron chi connectivity index (χ0n) is 18.7. The normalized spacial score (nSPS) is 19.5. The van der Waals surface area contributed by atoms with Crippen molar-refractivity contribution >= 4 is 17.4 Å². The highest BCUT2D eigenvalue weighted by molar-refractivity contribution is 5.93. The first-order valence-corrected chi connectivity index (χ1v) is 11.5. The number of aromatic nitrogens is 5. The van der Waals surface area contributed by atoms with Crippen LogP contribution in [0.2, 0.25) is 0 Å². The first kappa shape index (κ1) is 20.0. The van der Waals surface area contributed by atoms with Gasteiger partial charge in [-0.2, -0.15) is 10.2 Å². The van der Waals surface area contributed by atoms with E-state index in [1.54, 1.807) is 4.68 Å². The van der Waals surface area contributed by atoms with Gasteiger partial charge >= 0.3 is 0 Å². The monoisotopic (exact) mass is 421 g/mol. The minimum atomic E-state index is -0.0292. The van der Waals surface area contributed by atoms with E-state index in [-0.39, 0.29) is 11.9 Å². The van der Waals surface area contributed by atoms with E-state index in [1.807, 2.05) is 22.5 Å². The van der Waals surface area contributed by atoms with Gasteiger partial charge in [0.1, 0.15) is 11.5 Å². The highest BCUT2D eigenvalue weighted by Crippen LogP contribution is 2.32. The second kappa shape index (κ2) is 7.98. The van der Waals surface area contributed by atoms with E-state index in [9.17, 15) is 4.79 Å². The molecule has 0 aromatic carbocycles. The number of amides is 1. The van der Waals surface area contributed by atoms with Gasteiger partial charge in [-0.15, -0.1) is 0 Å². The molecule has 164 valence electrons. The molecule has 2 saturated heterocycles. The summed E-state index contributed by atoms with van der Waals surface area (Å²) in [6.07, 6.45) is 8.38. The fourth-order valence-electron chi connectivity index (χ4n) is 4.96. The van der Waals surface area contributed by atoms with Crippen LogP contribution in [0.15, 0.2) is 18.3 Å². The van der Waals surface area contributed by atoms with Crippen molar-refractivity contribution in [2.24, 2.45) is 7.05 Å². The number of rotatable bonds is 4. The molecule has 5 rings (SSSR count). The maximum absolute atomic E-state index is 13.4. The fraction of sp³-hybridized carbons (Fsp3) is 0.565. The molecule has 31 heavy (non-hydrogen) atoms. The van der Waals surface area contributed by atoms with E-state index in [2.05, 4.69) is 36.1 Å². The quantitative estimate of drug-likeness (QED) is 0.646. The third-order valence-electron chi connectivity index (χ3n) is 6.65. The van der Waals surface area contributed by atoms with E-state index < -0.39 is 0 Å². The SMILES string of the molecule is CCc1cc(C(=O)N2CCCCC2c2cc3nc(N4CCCC4)c(C)cn3n2)n(C)n1. The highest BCUT2D eigenvalue weighted by atomic mass is 16.2. The molecular formula is C23H31N7O. The van der Waals surface area contributed by atoms with E-state index in [0.717, 1.165) is 73.7 Å². The second-order valence-corrected chi connectivity index (χ2v) is 8.82. The Balaban J connectivity index is 1.48. The maximum Gasteiger partial charge on any atom is 0.272 e. The second-order valence-electron chi connectivity index (χ2n) is 8.82. The van der Waals surface area contributed by atoms with Gasteiger partial charge in [0.25, 0.3) is 5.91 Å². The third-order valence-corrected chi connectivity index (χ3v) is 6.65. The fourth-order valence-corrected chi connectivity index (χ4v) is 4.96. The van der Waals surface area contributed by atoms with Crippen molar-refractivity contribution in [3.63, 3.8) is 0 Å². The average Bonchev–Trinajstić information content (AvgIpc) is 3.52. The molecule has 0 radical (unpaired) electrons. The average molecular weight is 422 g/mol. The Labute approximate surface area is 182 Å². The summed E-state index contributed by atoms with van der Waals surface area (Å²) in [7, 11) is 1.85. The molecule has 0 bridgehead atoms. The standard InChI is InChI=1S/C23H31N7O/c1-4-17-13-20(27(3)25-17)23(31)29-12-6-5-9-19(29)18-14-21-24-22(28-10-7-8-11-28)16(2)15-30(21)26-18/h13-15,19H,4-12H2,1-3H3. The van der Waals surface area contributed by atoms with Gasteiger partial charge in [-0.1, -0.05) is 6.92 Å². The van der Waals surface area contributed by atoms with E-state index in [1.165, 1.54) is 12.8 Å². The minimum absolute atomic E-state index is 0.0292. The zero-order chi connectivity index (χ0) is 21.5. The largest absolute Gasteiger partial charge is 0.356 e. The lowest BCUT2D eigenvalue weighted by Crippen LogP contribution is -2.39. The number of carbonyl (C=O) groups excluding carboxylic acids is 1. The number of piperidine rings is 1. The predicted molar refractivity (Wildman–Crippen MR) is 119 cm³/mol. The molecule has 8 nitrogen and oxygen atoms in total. The lowest BCUT2D eigenvalue weighted by molar-refractivity contribution is 0.0594. The van der Waals surface area contributed by atoms with Crippen LogP contribution in [0.5, 0.6) is 0 Å². The summed E-state index contributed by atoms with van der Waals surface area (Å²) in [6.45, 7) is 7.05. The van der Waals surface area contributed by atoms with Gasteiger partial charge in [-0.3, -0.25) is 9.48 Å². The Morgan fingerprint density at radius 1 is 1.10 bits per heavy atom. The number of anilines is 1. The van der Waals surface area contributed by atoms with Crippen molar-refractivity contribution in [3.8, 4) is 0 Å². The smallest absolute Gasteiger partial charge is 0.272 e. The lowest BCUT2D eigenvalue weighted by Gasteiger charge is -2.34. The van der Waals surface area contributed by atoms with Crippen LogP contribution in [0, 0.1) is 6.92 Å². The van der Waals surface area contributed by atoms with Crippen LogP contribution < -0.4 is 4.90 Å². The Morgan fingerprint density at radius 2 is 1.87 bits per heavy atom. The number of aryl methyl sites for hydroxylation is 3. The van der Waals surface area contributed by atoms with Crippen molar-refractivity contribution in [3.05, 3.63) is 41.0 Å². The molecule has 1 atom stereocenters. The summed E-state index contributed by atoms with van der Waals surface area (Å²) in [5.74, 6) is 1.10. The topological polar surface area (TPSA) is 71.6 Å². The van der Waals surface area contributed by atoms with Gasteiger partial charge in [0, 0.05) is 44.5 Å². The maximum atomic E-state index is 13.4. The molecular weight excluding hydrogens is 390 g/mol. The molecule has 0 aliphatic carbocycles. The Bertz CT molecular complexity index is 1110. The number of hydrogen-bond donors (Lipinski definition) is 0. The number of fused-ring (bicyclic) bond motifs is 1. The molecule has 2 aliphatic rings. The third kappa shape index (κ3) is 3.58. The van der Waals surface area contributed by atoms with Crippen LogP contribution >= 0.6 is 0 Å². The summed E-state index contributed by atoms with van der Waals surface area (Å²) in [6, 6.07) is 3.96. The summed E-state index contributed by atoms with van der Waals surface area (Å²) < 4.78 is 3.59. The first-order valence-electron chi connectivity index (χ1n) is 11.5. The van der Waals surface area contributed by atoms with Crippen molar-refractivity contribution in [2.45, 2.75) is 58.4 Å². The Kier molecular flexibility index (Phi) is 5.16. The predicted octanol–water partition coefficient (Wildman–Crippen LogP) is 3.30. The van der Waals surface area contributed by atoms with Crippen molar-refractivity contribution in [2.75, 3.05) is 24.5 Å². The molecule has 3 aromatic heterocycles. The van der Waals surface area contributed by atoms with Gasteiger partial charge in [-0.05, 0) is 51.5 Å². The Hall–Kier alpha value is -2.90. The van der Waals surface area contributed by atoms with Gasteiger partial charge in [0.2, 0.25) is 0 Å². The van der Waals surface area contributed by atoms with Crippen LogP contribution in [0.25, 0.3) is 5.65 Å². The number of carbonyl (C=O) groups is 1. The van der Waals surface area contributed by atoms with Crippen LogP contribution in [0.1, 0.15) is 72.5 Å². The number of likely N-dealkylation sites (tertiary alicyclic amines) is 1. The molecule has 0 N–H and O–H groups in total. The molecule has 5 heterocycles. The number of nitrogens with zero attached hydrogens (tertiary/aromatic N) is 7. The molecule has 1 amide bonds. The summed E-state index contributed by atoms with van der Waals surface area (Å²) in [5, 5.41) is 9.32. The van der Waals surface area contributed by atoms with Crippen molar-refractivity contribution in [1.82, 2.24) is 29.3 Å².